The highest BCUT2D eigenvalue weighted by atomic mass is 32.2. The zero-order valence-corrected chi connectivity index (χ0v) is 17.6. The molecule has 0 spiro atoms. The molecule has 2 heterocycles. The number of aromatic nitrogens is 3. The number of rotatable bonds is 6. The van der Waals surface area contributed by atoms with Crippen LogP contribution in [-0.4, -0.2) is 25.1 Å². The van der Waals surface area contributed by atoms with E-state index in [0.717, 1.165) is 25.5 Å². The molecule has 2 aliphatic rings. The van der Waals surface area contributed by atoms with Crippen molar-refractivity contribution in [2.75, 3.05) is 0 Å². The van der Waals surface area contributed by atoms with Crippen LogP contribution in [0.5, 0.6) is 0 Å². The van der Waals surface area contributed by atoms with E-state index in [4.69, 9.17) is 10.9 Å². The summed E-state index contributed by atoms with van der Waals surface area (Å²) in [6, 6.07) is 1.29. The number of carbonyl (C=O) groups excluding carboxylic acids is 1. The van der Waals surface area contributed by atoms with Gasteiger partial charge in [-0.15, -0.1) is 0 Å². The maximum Gasteiger partial charge on any atom is 0.265 e. The smallest absolute Gasteiger partial charge is 0.265 e. The van der Waals surface area contributed by atoms with Gasteiger partial charge in [0.2, 0.25) is 5.91 Å². The van der Waals surface area contributed by atoms with E-state index in [1.807, 2.05) is 0 Å². The predicted octanol–water partition coefficient (Wildman–Crippen LogP) is 2.94. The summed E-state index contributed by atoms with van der Waals surface area (Å²) in [5.74, 6) is -0.0235. The molecule has 1 saturated carbocycles. The van der Waals surface area contributed by atoms with Gasteiger partial charge in [0.05, 0.1) is 10.5 Å². The van der Waals surface area contributed by atoms with Crippen LogP contribution in [0.25, 0.3) is 11.1 Å². The number of primary amides is 1. The van der Waals surface area contributed by atoms with Crippen molar-refractivity contribution in [3.63, 3.8) is 0 Å². The Morgan fingerprint density at radius 1 is 1.16 bits per heavy atom. The molecule has 1 fully saturated rings. The van der Waals surface area contributed by atoms with Crippen LogP contribution in [0.4, 0.5) is 8.78 Å². The molecule has 0 radical (unpaired) electrons. The minimum absolute atomic E-state index is 0.0776. The number of hydrogen-bond acceptors (Lipinski definition) is 5. The Morgan fingerprint density at radius 2 is 1.87 bits per heavy atom. The molecule has 2 aromatic rings. The molecule has 164 valence electrons. The number of halogens is 2. The summed E-state index contributed by atoms with van der Waals surface area (Å²) in [4.78, 5) is 25.7. The van der Waals surface area contributed by atoms with Gasteiger partial charge in [0.15, 0.2) is 5.82 Å². The number of allylic oxidation sites excluding steroid dienone is 1. The van der Waals surface area contributed by atoms with Crippen LogP contribution in [0.15, 0.2) is 29.6 Å². The second-order valence-corrected chi connectivity index (χ2v) is 9.09. The number of nitrogens with zero attached hydrogens (tertiary/aromatic N) is 3. The molecule has 4 N–H and O–H groups in total. The van der Waals surface area contributed by atoms with E-state index < -0.39 is 23.3 Å². The van der Waals surface area contributed by atoms with Crippen molar-refractivity contribution < 1.29 is 17.8 Å². The van der Waals surface area contributed by atoms with Crippen molar-refractivity contribution in [2.24, 2.45) is 22.7 Å². The van der Waals surface area contributed by atoms with Gasteiger partial charge < -0.3 is 5.73 Å². The largest absolute Gasteiger partial charge is 0.366 e. The Morgan fingerprint density at radius 3 is 2.42 bits per heavy atom. The van der Waals surface area contributed by atoms with Crippen molar-refractivity contribution in [1.82, 2.24) is 15.0 Å². The summed E-state index contributed by atoms with van der Waals surface area (Å²) in [6.45, 7) is 0. The maximum atomic E-state index is 13.4. The first-order valence-corrected chi connectivity index (χ1v) is 11.4. The molecule has 4 rings (SSSR count). The third-order valence-electron chi connectivity index (χ3n) is 6.11. The molecule has 0 aromatic carbocycles. The molecule has 1 amide bonds. The Labute approximate surface area is 181 Å². The molecule has 31 heavy (non-hydrogen) atoms. The predicted molar refractivity (Wildman–Crippen MR) is 112 cm³/mol. The molecule has 0 aliphatic heterocycles. The number of carbonyl (C=O) groups is 1. The second kappa shape index (κ2) is 8.88. The molecule has 0 bridgehead atoms. The summed E-state index contributed by atoms with van der Waals surface area (Å²) in [5, 5.41) is 5.40. The normalized spacial score (nSPS) is 20.2. The highest BCUT2D eigenvalue weighted by Crippen LogP contribution is 2.44. The van der Waals surface area contributed by atoms with E-state index in [0.29, 0.717) is 35.6 Å². The van der Waals surface area contributed by atoms with Gasteiger partial charge in [-0.3, -0.25) is 9.78 Å². The topological polar surface area (TPSA) is 125 Å². The van der Waals surface area contributed by atoms with Crippen LogP contribution in [0.3, 0.4) is 0 Å². The second-order valence-electron chi connectivity index (χ2n) is 8.02. The number of amides is 1. The minimum Gasteiger partial charge on any atom is -0.366 e. The van der Waals surface area contributed by atoms with Crippen LogP contribution < -0.4 is 10.9 Å². The highest BCUT2D eigenvalue weighted by molar-refractivity contribution is 7.82. The molecular weight excluding hydrogens is 424 g/mol. The van der Waals surface area contributed by atoms with Gasteiger partial charge in [0.1, 0.15) is 11.0 Å². The minimum atomic E-state index is -2.72. The quantitative estimate of drug-likeness (QED) is 0.704. The summed E-state index contributed by atoms with van der Waals surface area (Å²) in [5.41, 5.74) is 7.06. The van der Waals surface area contributed by atoms with E-state index >= 15 is 0 Å². The summed E-state index contributed by atoms with van der Waals surface area (Å²) < 4.78 is 38.3. The van der Waals surface area contributed by atoms with Crippen molar-refractivity contribution >= 4 is 28.0 Å². The van der Waals surface area contributed by atoms with Gasteiger partial charge in [-0.1, -0.05) is 19.3 Å². The fourth-order valence-corrected chi connectivity index (χ4v) is 4.65. The summed E-state index contributed by atoms with van der Waals surface area (Å²) >= 11 is 0. The van der Waals surface area contributed by atoms with Crippen LogP contribution in [0, 0.1) is 11.8 Å². The van der Waals surface area contributed by atoms with Crippen LogP contribution >= 0.6 is 0 Å². The van der Waals surface area contributed by atoms with Crippen molar-refractivity contribution in [2.45, 2.75) is 49.8 Å². The zero-order chi connectivity index (χ0) is 22.1. The molecular formula is C21H23F2N5O2S. The van der Waals surface area contributed by atoms with E-state index in [-0.39, 0.29) is 27.8 Å². The van der Waals surface area contributed by atoms with E-state index in [1.165, 1.54) is 24.9 Å². The Bertz CT molecular complexity index is 1050. The van der Waals surface area contributed by atoms with Crippen molar-refractivity contribution in [3.8, 4) is 0 Å². The Kier molecular flexibility index (Phi) is 6.19. The van der Waals surface area contributed by atoms with Gasteiger partial charge in [-0.05, 0) is 37.2 Å². The average Bonchev–Trinajstić information content (AvgIpc) is 2.87. The zero-order valence-electron chi connectivity index (χ0n) is 16.8. The number of hydrogen-bond donors (Lipinski definition) is 2. The van der Waals surface area contributed by atoms with Crippen LogP contribution in [0.2, 0.25) is 0 Å². The maximum absolute atomic E-state index is 13.4. The molecule has 7 nitrogen and oxygen atoms in total. The SMILES string of the molecule is NC(=O)C1=C(c2ncc(S(N)=O)cn2)C(CC2CCC2)CCc2ncc(C(F)F)cc21. The molecule has 2 aromatic heterocycles. The molecule has 2 aliphatic carbocycles. The lowest BCUT2D eigenvalue weighted by atomic mass is 9.75. The number of fused-ring (bicyclic) bond motifs is 1. The van der Waals surface area contributed by atoms with Crippen LogP contribution in [0.1, 0.15) is 61.2 Å². The van der Waals surface area contributed by atoms with Crippen molar-refractivity contribution in [1.29, 1.82) is 0 Å². The van der Waals surface area contributed by atoms with E-state index in [1.54, 1.807) is 0 Å². The standard InChI is InChI=1S/C21H23F2N5O2S/c22-19(23)13-7-15-16(26-8-13)5-4-12(6-11-2-1-3-11)17(18(15)20(24)29)21-27-9-14(10-28-21)31(25)30/h7-12,19H,1-6,25H2,(H2,24,29). The highest BCUT2D eigenvalue weighted by Gasteiger charge is 2.34. The van der Waals surface area contributed by atoms with Gasteiger partial charge in [0.25, 0.3) is 6.43 Å². The fraction of sp³-hybridized carbons (Fsp3) is 0.429. The van der Waals surface area contributed by atoms with Gasteiger partial charge >= 0.3 is 0 Å². The molecule has 10 heteroatoms. The average molecular weight is 448 g/mol. The first kappa shape index (κ1) is 21.6. The van der Waals surface area contributed by atoms with Crippen LogP contribution in [-0.2, 0) is 22.2 Å². The summed E-state index contributed by atoms with van der Waals surface area (Å²) in [6.07, 6.45) is 6.56. The lowest BCUT2D eigenvalue weighted by Crippen LogP contribution is -2.21. The van der Waals surface area contributed by atoms with Crippen molar-refractivity contribution in [3.05, 3.63) is 47.3 Å². The molecule has 0 saturated heterocycles. The first-order chi connectivity index (χ1) is 14.8. The number of nitrogens with two attached hydrogens (primary N) is 2. The monoisotopic (exact) mass is 447 g/mol. The Balaban J connectivity index is 1.91. The third kappa shape index (κ3) is 4.40. The number of alkyl halides is 2. The van der Waals surface area contributed by atoms with Gasteiger partial charge in [-0.25, -0.2) is 28.1 Å². The molecule has 2 unspecified atom stereocenters. The summed E-state index contributed by atoms with van der Waals surface area (Å²) in [7, 11) is -1.74. The van der Waals surface area contributed by atoms with E-state index in [2.05, 4.69) is 15.0 Å². The first-order valence-electron chi connectivity index (χ1n) is 10.1. The van der Waals surface area contributed by atoms with Gasteiger partial charge in [-0.2, -0.15) is 0 Å². The fourth-order valence-electron chi connectivity index (χ4n) is 4.33. The number of pyridine rings is 1. The third-order valence-corrected chi connectivity index (χ3v) is 6.79. The lowest BCUT2D eigenvalue weighted by molar-refractivity contribution is -0.112. The van der Waals surface area contributed by atoms with Gasteiger partial charge in [0, 0.05) is 41.0 Å². The Hall–Kier alpha value is -2.59. The lowest BCUT2D eigenvalue weighted by Gasteiger charge is -2.30. The number of aryl methyl sites for hydroxylation is 1. The van der Waals surface area contributed by atoms with E-state index in [9.17, 15) is 17.8 Å². The molecule has 2 atom stereocenters.